The van der Waals surface area contributed by atoms with E-state index in [-0.39, 0.29) is 22.8 Å². The SMILES string of the molecule is Cc1ccc(S(=O)(=O)N2CCC[C@H]2C(=O)Nc2cccc(C(=O)NC3CC3)c2)cc1. The van der Waals surface area contributed by atoms with Crippen LogP contribution in [0.4, 0.5) is 5.69 Å². The number of carbonyl (C=O) groups is 2. The van der Waals surface area contributed by atoms with Crippen LogP contribution in [0.5, 0.6) is 0 Å². The second-order valence-corrected chi connectivity index (χ2v) is 9.80. The van der Waals surface area contributed by atoms with E-state index in [0.717, 1.165) is 18.4 Å². The third-order valence-electron chi connectivity index (χ3n) is 5.44. The lowest BCUT2D eigenvalue weighted by Crippen LogP contribution is -2.43. The number of rotatable bonds is 6. The van der Waals surface area contributed by atoms with Crippen molar-refractivity contribution in [2.24, 2.45) is 0 Å². The second-order valence-electron chi connectivity index (χ2n) is 7.90. The summed E-state index contributed by atoms with van der Waals surface area (Å²) < 4.78 is 27.4. The maximum Gasteiger partial charge on any atom is 0.251 e. The number of sulfonamides is 1. The molecule has 2 fully saturated rings. The molecule has 1 aliphatic carbocycles. The minimum absolute atomic E-state index is 0.168. The molecular weight excluding hydrogens is 402 g/mol. The molecule has 0 spiro atoms. The van der Waals surface area contributed by atoms with Gasteiger partial charge in [0.1, 0.15) is 6.04 Å². The Morgan fingerprint density at radius 3 is 2.47 bits per heavy atom. The van der Waals surface area contributed by atoms with Crippen LogP contribution < -0.4 is 10.6 Å². The summed E-state index contributed by atoms with van der Waals surface area (Å²) in [6, 6.07) is 12.8. The number of nitrogens with one attached hydrogen (secondary N) is 2. The van der Waals surface area contributed by atoms with E-state index in [2.05, 4.69) is 10.6 Å². The van der Waals surface area contributed by atoms with Gasteiger partial charge in [-0.1, -0.05) is 23.8 Å². The second kappa shape index (κ2) is 8.20. The molecule has 4 rings (SSSR count). The van der Waals surface area contributed by atoms with Crippen molar-refractivity contribution in [2.45, 2.75) is 49.6 Å². The molecule has 30 heavy (non-hydrogen) atoms. The molecule has 2 amide bonds. The number of nitrogens with zero attached hydrogens (tertiary/aromatic N) is 1. The van der Waals surface area contributed by atoms with Crippen molar-refractivity contribution < 1.29 is 18.0 Å². The van der Waals surface area contributed by atoms with Crippen molar-refractivity contribution >= 4 is 27.5 Å². The molecule has 0 bridgehead atoms. The van der Waals surface area contributed by atoms with E-state index < -0.39 is 16.1 Å². The van der Waals surface area contributed by atoms with Crippen LogP contribution in [0.25, 0.3) is 0 Å². The molecule has 2 N–H and O–H groups in total. The van der Waals surface area contributed by atoms with Gasteiger partial charge in [-0.25, -0.2) is 8.42 Å². The quantitative estimate of drug-likeness (QED) is 0.741. The molecule has 1 saturated heterocycles. The van der Waals surface area contributed by atoms with E-state index in [1.807, 2.05) is 6.92 Å². The number of carbonyl (C=O) groups excluding carboxylic acids is 2. The average molecular weight is 428 g/mol. The zero-order chi connectivity index (χ0) is 21.3. The Kier molecular flexibility index (Phi) is 5.62. The summed E-state index contributed by atoms with van der Waals surface area (Å²) in [5, 5.41) is 5.70. The van der Waals surface area contributed by atoms with Gasteiger partial charge in [-0.2, -0.15) is 4.31 Å². The standard InChI is InChI=1S/C22H25N3O4S/c1-15-7-11-19(12-8-15)30(28,29)25-13-3-6-20(25)22(27)24-18-5-2-4-16(14-18)21(26)23-17-9-10-17/h2,4-5,7-8,11-12,14,17,20H,3,6,9-10,13H2,1H3,(H,23,26)(H,24,27)/t20-/m0/s1. The predicted octanol–water partition coefficient (Wildman–Crippen LogP) is 2.68. The van der Waals surface area contributed by atoms with Crippen LogP contribution in [0, 0.1) is 6.92 Å². The Labute approximate surface area is 176 Å². The first-order valence-electron chi connectivity index (χ1n) is 10.1. The predicted molar refractivity (Wildman–Crippen MR) is 114 cm³/mol. The Hall–Kier alpha value is -2.71. The first-order chi connectivity index (χ1) is 14.3. The van der Waals surface area contributed by atoms with Gasteiger partial charge < -0.3 is 10.6 Å². The average Bonchev–Trinajstić information content (AvgIpc) is 3.38. The Morgan fingerprint density at radius 2 is 1.77 bits per heavy atom. The Bertz CT molecular complexity index is 1060. The van der Waals surface area contributed by atoms with E-state index in [0.29, 0.717) is 30.6 Å². The van der Waals surface area contributed by atoms with Crippen molar-refractivity contribution in [3.05, 3.63) is 59.7 Å². The van der Waals surface area contributed by atoms with Crippen LogP contribution in [0.3, 0.4) is 0 Å². The molecule has 8 heteroatoms. The van der Waals surface area contributed by atoms with Gasteiger partial charge >= 0.3 is 0 Å². The monoisotopic (exact) mass is 427 g/mol. The summed E-state index contributed by atoms with van der Waals surface area (Å²) in [6.07, 6.45) is 3.07. The van der Waals surface area contributed by atoms with Gasteiger partial charge in [0.05, 0.1) is 4.90 Å². The van der Waals surface area contributed by atoms with Crippen LogP contribution in [0.2, 0.25) is 0 Å². The molecule has 1 saturated carbocycles. The molecule has 2 aliphatic rings. The van der Waals surface area contributed by atoms with Crippen LogP contribution in [0.15, 0.2) is 53.4 Å². The van der Waals surface area contributed by atoms with Crippen LogP contribution in [-0.4, -0.2) is 43.2 Å². The van der Waals surface area contributed by atoms with Crippen molar-refractivity contribution in [1.82, 2.24) is 9.62 Å². The Morgan fingerprint density at radius 1 is 1.03 bits per heavy atom. The highest BCUT2D eigenvalue weighted by atomic mass is 32.2. The van der Waals surface area contributed by atoms with Crippen molar-refractivity contribution in [2.75, 3.05) is 11.9 Å². The zero-order valence-corrected chi connectivity index (χ0v) is 17.6. The molecule has 1 aliphatic heterocycles. The number of benzene rings is 2. The van der Waals surface area contributed by atoms with Gasteiger partial charge in [-0.3, -0.25) is 9.59 Å². The smallest absolute Gasteiger partial charge is 0.251 e. The summed E-state index contributed by atoms with van der Waals surface area (Å²) in [4.78, 5) is 25.3. The molecule has 1 atom stereocenters. The first-order valence-corrected chi connectivity index (χ1v) is 11.6. The number of aryl methyl sites for hydroxylation is 1. The maximum atomic E-state index is 13.1. The lowest BCUT2D eigenvalue weighted by Gasteiger charge is -2.23. The molecule has 1 heterocycles. The molecule has 158 valence electrons. The van der Waals surface area contributed by atoms with Gasteiger partial charge in [0, 0.05) is 23.8 Å². The topological polar surface area (TPSA) is 95.6 Å². The fourth-order valence-electron chi connectivity index (χ4n) is 3.60. The fraction of sp³-hybridized carbons (Fsp3) is 0.364. The minimum atomic E-state index is -3.76. The van der Waals surface area contributed by atoms with E-state index in [1.165, 1.54) is 4.31 Å². The Balaban J connectivity index is 1.48. The lowest BCUT2D eigenvalue weighted by molar-refractivity contribution is -0.119. The van der Waals surface area contributed by atoms with Gasteiger partial charge in [-0.05, 0) is 62.9 Å². The van der Waals surface area contributed by atoms with Gasteiger partial charge in [-0.15, -0.1) is 0 Å². The minimum Gasteiger partial charge on any atom is -0.349 e. The van der Waals surface area contributed by atoms with Crippen LogP contribution >= 0.6 is 0 Å². The van der Waals surface area contributed by atoms with Gasteiger partial charge in [0.2, 0.25) is 15.9 Å². The summed E-state index contributed by atoms with van der Waals surface area (Å²) in [5.41, 5.74) is 1.91. The van der Waals surface area contributed by atoms with Crippen molar-refractivity contribution in [1.29, 1.82) is 0 Å². The van der Waals surface area contributed by atoms with Crippen molar-refractivity contribution in [3.8, 4) is 0 Å². The summed E-state index contributed by atoms with van der Waals surface area (Å²) in [7, 11) is -3.76. The number of amides is 2. The van der Waals surface area contributed by atoms with Crippen LogP contribution in [-0.2, 0) is 14.8 Å². The molecule has 0 radical (unpaired) electrons. The lowest BCUT2D eigenvalue weighted by atomic mass is 10.1. The largest absolute Gasteiger partial charge is 0.349 e. The highest BCUT2D eigenvalue weighted by Gasteiger charge is 2.39. The number of hydrogen-bond donors (Lipinski definition) is 2. The molecule has 0 unspecified atom stereocenters. The highest BCUT2D eigenvalue weighted by Crippen LogP contribution is 2.27. The van der Waals surface area contributed by atoms with E-state index in [1.54, 1.807) is 48.5 Å². The molecule has 2 aromatic rings. The molecular formula is C22H25N3O4S. The summed E-state index contributed by atoms with van der Waals surface area (Å²) in [6.45, 7) is 2.19. The maximum absolute atomic E-state index is 13.1. The van der Waals surface area contributed by atoms with E-state index in [4.69, 9.17) is 0 Å². The number of hydrogen-bond acceptors (Lipinski definition) is 4. The van der Waals surface area contributed by atoms with E-state index in [9.17, 15) is 18.0 Å². The summed E-state index contributed by atoms with van der Waals surface area (Å²) in [5.74, 6) is -0.555. The zero-order valence-electron chi connectivity index (χ0n) is 16.8. The van der Waals surface area contributed by atoms with Gasteiger partial charge in [0.15, 0.2) is 0 Å². The third-order valence-corrected chi connectivity index (χ3v) is 7.36. The van der Waals surface area contributed by atoms with Gasteiger partial charge in [0.25, 0.3) is 5.91 Å². The first kappa shape index (κ1) is 20.6. The fourth-order valence-corrected chi connectivity index (χ4v) is 5.25. The third kappa shape index (κ3) is 4.39. The van der Waals surface area contributed by atoms with E-state index >= 15 is 0 Å². The molecule has 2 aromatic carbocycles. The van der Waals surface area contributed by atoms with Crippen molar-refractivity contribution in [3.63, 3.8) is 0 Å². The summed E-state index contributed by atoms with van der Waals surface area (Å²) >= 11 is 0. The number of anilines is 1. The van der Waals surface area contributed by atoms with Crippen LogP contribution in [0.1, 0.15) is 41.6 Å². The highest BCUT2D eigenvalue weighted by molar-refractivity contribution is 7.89. The normalized spacial score (nSPS) is 19.4. The molecule has 7 nitrogen and oxygen atoms in total. The molecule has 0 aromatic heterocycles.